The minimum atomic E-state index is -0.898. The van der Waals surface area contributed by atoms with Crippen LogP contribution in [0.1, 0.15) is 31.4 Å². The van der Waals surface area contributed by atoms with Gasteiger partial charge < -0.3 is 19.7 Å². The van der Waals surface area contributed by atoms with E-state index in [-0.39, 0.29) is 18.6 Å². The number of benzene rings is 2. The Morgan fingerprint density at radius 3 is 2.14 bits per heavy atom. The summed E-state index contributed by atoms with van der Waals surface area (Å²) in [7, 11) is 0. The monoisotopic (exact) mass is 446 g/mol. The van der Waals surface area contributed by atoms with E-state index in [1.165, 1.54) is 0 Å². The van der Waals surface area contributed by atoms with Gasteiger partial charge >= 0.3 is 0 Å². The van der Waals surface area contributed by atoms with Gasteiger partial charge in [-0.3, -0.25) is 0 Å². The van der Waals surface area contributed by atoms with Crippen LogP contribution in [0, 0.1) is 0 Å². The molecular weight excluding hydrogens is 423 g/mol. The Balaban J connectivity index is 2.19. The van der Waals surface area contributed by atoms with Crippen LogP contribution in [0.2, 0.25) is 10.0 Å². The van der Waals surface area contributed by atoms with E-state index in [2.05, 4.69) is 13.8 Å². The number of hydrogen-bond donors (Lipinski definition) is 2. The molecule has 0 aliphatic heterocycles. The van der Waals surface area contributed by atoms with Crippen molar-refractivity contribution < 1.29 is 19.7 Å². The van der Waals surface area contributed by atoms with Crippen LogP contribution in [0.15, 0.2) is 36.4 Å². The standard InChI is InChI=1S/C21H25Cl3O4/c1-21(2,14-4-6-17(7-5-14)28-13-16(26)12-25)15-10-18(23)20(19(24)11-15)27-9-3-8-22/h4-7,10-11,16,25-26H,3,8-9,12-13H2,1-2H3/t16-/m1/s1. The molecule has 0 aliphatic carbocycles. The SMILES string of the molecule is CC(C)(c1ccc(OC[C@H](O)CO)cc1)c1cc(Cl)c(OCCCCl)c(Cl)c1. The maximum Gasteiger partial charge on any atom is 0.156 e. The van der Waals surface area contributed by atoms with Gasteiger partial charge in [0.15, 0.2) is 5.75 Å². The first-order valence-corrected chi connectivity index (χ1v) is 10.3. The van der Waals surface area contributed by atoms with Gasteiger partial charge in [0.25, 0.3) is 0 Å². The Hall–Kier alpha value is -1.17. The molecule has 0 aliphatic rings. The minimum Gasteiger partial charge on any atom is -0.491 e. The molecule has 2 rings (SSSR count). The van der Waals surface area contributed by atoms with Crippen molar-refractivity contribution >= 4 is 34.8 Å². The van der Waals surface area contributed by atoms with Gasteiger partial charge in [-0.1, -0.05) is 49.2 Å². The molecule has 2 aromatic carbocycles. The highest BCUT2D eigenvalue weighted by Gasteiger charge is 2.25. The lowest BCUT2D eigenvalue weighted by Crippen LogP contribution is -2.21. The Kier molecular flexibility index (Phi) is 8.72. The van der Waals surface area contributed by atoms with E-state index in [9.17, 15) is 5.11 Å². The van der Waals surface area contributed by atoms with Gasteiger partial charge in [-0.25, -0.2) is 0 Å². The molecule has 2 aromatic rings. The van der Waals surface area contributed by atoms with E-state index in [0.717, 1.165) is 11.1 Å². The number of halogens is 3. The molecule has 0 saturated carbocycles. The van der Waals surface area contributed by atoms with Gasteiger partial charge in [0, 0.05) is 11.3 Å². The van der Waals surface area contributed by atoms with Crippen LogP contribution >= 0.6 is 34.8 Å². The molecule has 0 radical (unpaired) electrons. The van der Waals surface area contributed by atoms with Crippen molar-refractivity contribution in [3.8, 4) is 11.5 Å². The normalized spacial score (nSPS) is 12.7. The molecule has 4 nitrogen and oxygen atoms in total. The molecule has 7 heteroatoms. The van der Waals surface area contributed by atoms with Gasteiger partial charge in [-0.05, 0) is 41.8 Å². The van der Waals surface area contributed by atoms with Crippen molar-refractivity contribution in [3.05, 3.63) is 57.6 Å². The van der Waals surface area contributed by atoms with Gasteiger partial charge in [-0.15, -0.1) is 11.6 Å². The molecular formula is C21H25Cl3O4. The average molecular weight is 448 g/mol. The molecule has 154 valence electrons. The Morgan fingerprint density at radius 1 is 1.00 bits per heavy atom. The van der Waals surface area contributed by atoms with Gasteiger partial charge in [0.2, 0.25) is 0 Å². The summed E-state index contributed by atoms with van der Waals surface area (Å²) in [5.41, 5.74) is 1.65. The zero-order chi connectivity index (χ0) is 20.7. The summed E-state index contributed by atoms with van der Waals surface area (Å²) in [6.45, 7) is 4.31. The second-order valence-electron chi connectivity index (χ2n) is 6.96. The second kappa shape index (κ2) is 10.6. The van der Waals surface area contributed by atoms with Gasteiger partial charge in [0.05, 0.1) is 23.3 Å². The highest BCUT2D eigenvalue weighted by molar-refractivity contribution is 6.37. The summed E-state index contributed by atoms with van der Waals surface area (Å²) in [4.78, 5) is 0. The van der Waals surface area contributed by atoms with Gasteiger partial charge in [0.1, 0.15) is 18.5 Å². The minimum absolute atomic E-state index is 0.0373. The van der Waals surface area contributed by atoms with Crippen LogP contribution in [-0.4, -0.2) is 42.0 Å². The summed E-state index contributed by atoms with van der Waals surface area (Å²) in [6.07, 6.45) is -0.184. The number of rotatable bonds is 10. The second-order valence-corrected chi connectivity index (χ2v) is 8.15. The molecule has 0 bridgehead atoms. The quantitative estimate of drug-likeness (QED) is 0.395. The smallest absolute Gasteiger partial charge is 0.156 e. The Morgan fingerprint density at radius 2 is 1.61 bits per heavy atom. The van der Waals surface area contributed by atoms with Crippen molar-refractivity contribution in [1.82, 2.24) is 0 Å². The fraction of sp³-hybridized carbons (Fsp3) is 0.429. The summed E-state index contributed by atoms with van der Waals surface area (Å²) >= 11 is 18.5. The Bertz CT molecular complexity index is 740. The lowest BCUT2D eigenvalue weighted by Gasteiger charge is -2.27. The molecule has 28 heavy (non-hydrogen) atoms. The van der Waals surface area contributed by atoms with Crippen LogP contribution in [0.3, 0.4) is 0 Å². The molecule has 0 aromatic heterocycles. The maximum absolute atomic E-state index is 9.38. The third kappa shape index (κ3) is 5.91. The van der Waals surface area contributed by atoms with E-state index >= 15 is 0 Å². The summed E-state index contributed by atoms with van der Waals surface area (Å²) in [5, 5.41) is 19.1. The van der Waals surface area contributed by atoms with E-state index in [0.29, 0.717) is 40.5 Å². The number of aliphatic hydroxyl groups excluding tert-OH is 2. The third-order valence-electron chi connectivity index (χ3n) is 4.47. The molecule has 0 amide bonds. The van der Waals surface area contributed by atoms with E-state index in [1.807, 2.05) is 36.4 Å². The van der Waals surface area contributed by atoms with Crippen LogP contribution in [0.5, 0.6) is 11.5 Å². The number of aliphatic hydroxyl groups is 2. The summed E-state index contributed by atoms with van der Waals surface area (Å²) in [5.74, 6) is 1.60. The molecule has 0 heterocycles. The fourth-order valence-corrected chi connectivity index (χ4v) is 3.37. The fourth-order valence-electron chi connectivity index (χ4n) is 2.67. The lowest BCUT2D eigenvalue weighted by atomic mass is 9.78. The first-order chi connectivity index (χ1) is 13.3. The van der Waals surface area contributed by atoms with Crippen molar-refractivity contribution in [1.29, 1.82) is 0 Å². The predicted octanol–water partition coefficient (Wildman–Crippen LogP) is 5.06. The summed E-state index contributed by atoms with van der Waals surface area (Å²) < 4.78 is 11.1. The Labute approximate surface area is 180 Å². The largest absolute Gasteiger partial charge is 0.491 e. The van der Waals surface area contributed by atoms with Gasteiger partial charge in [-0.2, -0.15) is 0 Å². The molecule has 2 N–H and O–H groups in total. The molecule has 0 saturated heterocycles. The third-order valence-corrected chi connectivity index (χ3v) is 5.30. The van der Waals surface area contributed by atoms with Crippen molar-refractivity contribution in [2.45, 2.75) is 31.8 Å². The topological polar surface area (TPSA) is 58.9 Å². The maximum atomic E-state index is 9.38. The van der Waals surface area contributed by atoms with Crippen LogP contribution in [0.25, 0.3) is 0 Å². The highest BCUT2D eigenvalue weighted by atomic mass is 35.5. The zero-order valence-electron chi connectivity index (χ0n) is 15.9. The lowest BCUT2D eigenvalue weighted by molar-refractivity contribution is 0.0536. The van der Waals surface area contributed by atoms with E-state index in [4.69, 9.17) is 49.4 Å². The average Bonchev–Trinajstić information content (AvgIpc) is 2.68. The first kappa shape index (κ1) is 23.1. The summed E-state index contributed by atoms with van der Waals surface area (Å²) in [6, 6.07) is 11.3. The number of alkyl halides is 1. The highest BCUT2D eigenvalue weighted by Crippen LogP contribution is 2.40. The molecule has 0 unspecified atom stereocenters. The predicted molar refractivity (Wildman–Crippen MR) is 114 cm³/mol. The number of ether oxygens (including phenoxy) is 2. The molecule has 0 fully saturated rings. The first-order valence-electron chi connectivity index (χ1n) is 9.00. The number of hydrogen-bond acceptors (Lipinski definition) is 4. The van der Waals surface area contributed by atoms with E-state index < -0.39 is 6.10 Å². The van der Waals surface area contributed by atoms with Crippen LogP contribution in [0.4, 0.5) is 0 Å². The van der Waals surface area contributed by atoms with Crippen LogP contribution < -0.4 is 9.47 Å². The van der Waals surface area contributed by atoms with E-state index in [1.54, 1.807) is 0 Å². The molecule has 0 spiro atoms. The van der Waals surface area contributed by atoms with Crippen LogP contribution in [-0.2, 0) is 5.41 Å². The molecule has 1 atom stereocenters. The van der Waals surface area contributed by atoms with Crippen molar-refractivity contribution in [2.75, 3.05) is 25.7 Å². The zero-order valence-corrected chi connectivity index (χ0v) is 18.2. The van der Waals surface area contributed by atoms with Crippen molar-refractivity contribution in [2.24, 2.45) is 0 Å². The van der Waals surface area contributed by atoms with Crippen molar-refractivity contribution in [3.63, 3.8) is 0 Å².